The van der Waals surface area contributed by atoms with Crippen LogP contribution in [0.25, 0.3) is 0 Å². The fourth-order valence-electron chi connectivity index (χ4n) is 2.58. The molecule has 0 unspecified atom stereocenters. The van der Waals surface area contributed by atoms with E-state index in [1.54, 1.807) is 6.92 Å². The van der Waals surface area contributed by atoms with Gasteiger partial charge in [-0.05, 0) is 13.3 Å². The van der Waals surface area contributed by atoms with E-state index in [0.29, 0.717) is 0 Å². The van der Waals surface area contributed by atoms with Gasteiger partial charge in [0.2, 0.25) is 0 Å². The molecule has 0 rings (SSSR count). The summed E-state index contributed by atoms with van der Waals surface area (Å²) in [5, 5.41) is 0. The number of hydrogen-bond acceptors (Lipinski definition) is 5. The quantitative estimate of drug-likeness (QED) is 0.130. The van der Waals surface area contributed by atoms with Gasteiger partial charge in [0.25, 0.3) is 0 Å². The Kier molecular flexibility index (Phi) is 23.7. The molecule has 0 aliphatic carbocycles. The maximum Gasteiger partial charge on any atom is 0.426 e. The van der Waals surface area contributed by atoms with E-state index in [1.807, 2.05) is 0 Å². The maximum atomic E-state index is 11.2. The molecule has 0 aliphatic heterocycles. The second-order valence-electron chi connectivity index (χ2n) is 6.30. The third-order valence-corrected chi connectivity index (χ3v) is 4.69. The third-order valence-electron chi connectivity index (χ3n) is 3.97. The first-order valence-corrected chi connectivity index (χ1v) is 11.2. The molecule has 25 heavy (non-hydrogen) atoms. The Morgan fingerprint density at radius 2 is 1.04 bits per heavy atom. The van der Waals surface area contributed by atoms with Crippen molar-refractivity contribution in [2.45, 2.75) is 104 Å². The van der Waals surface area contributed by atoms with E-state index in [-0.39, 0.29) is 42.8 Å². The molecule has 0 spiro atoms. The van der Waals surface area contributed by atoms with Crippen LogP contribution in [-0.4, -0.2) is 51.2 Å². The van der Waals surface area contributed by atoms with Gasteiger partial charge in [-0.2, -0.15) is 8.42 Å². The minimum absolute atomic E-state index is 0. The number of unbranched alkanes of at least 4 members (excludes halogenated alkanes) is 13. The SMILES string of the molecule is CCCCCCCCCCCCCCCCOS(=O)(=O)OOCC.[Na]. The topological polar surface area (TPSA) is 61.8 Å². The van der Waals surface area contributed by atoms with Crippen molar-refractivity contribution in [3.05, 3.63) is 0 Å². The van der Waals surface area contributed by atoms with Crippen LogP contribution in [0.3, 0.4) is 0 Å². The van der Waals surface area contributed by atoms with E-state index in [0.717, 1.165) is 19.3 Å². The van der Waals surface area contributed by atoms with E-state index in [1.165, 1.54) is 70.6 Å². The first-order chi connectivity index (χ1) is 11.6. The molecule has 0 aromatic heterocycles. The molecule has 0 fully saturated rings. The molecule has 5 nitrogen and oxygen atoms in total. The van der Waals surface area contributed by atoms with Crippen LogP contribution in [0.4, 0.5) is 0 Å². The van der Waals surface area contributed by atoms with Crippen molar-refractivity contribution < 1.29 is 21.8 Å². The summed E-state index contributed by atoms with van der Waals surface area (Å²) in [6, 6.07) is 0. The first kappa shape index (κ1) is 28.0. The molecule has 0 atom stereocenters. The Morgan fingerprint density at radius 1 is 0.640 bits per heavy atom. The summed E-state index contributed by atoms with van der Waals surface area (Å²) in [5.74, 6) is 0. The van der Waals surface area contributed by atoms with Gasteiger partial charge in [0.1, 0.15) is 0 Å². The fraction of sp³-hybridized carbons (Fsp3) is 1.00. The summed E-state index contributed by atoms with van der Waals surface area (Å²) in [6.07, 6.45) is 17.7. The summed E-state index contributed by atoms with van der Waals surface area (Å²) >= 11 is 0. The van der Waals surface area contributed by atoms with Crippen LogP contribution < -0.4 is 0 Å². The second kappa shape index (κ2) is 21.1. The Hall–Kier alpha value is 0.830. The van der Waals surface area contributed by atoms with E-state index in [2.05, 4.69) is 20.3 Å². The van der Waals surface area contributed by atoms with Crippen molar-refractivity contribution in [2.75, 3.05) is 13.2 Å². The molecule has 0 aliphatic rings. The van der Waals surface area contributed by atoms with Crippen molar-refractivity contribution in [2.24, 2.45) is 0 Å². The molecular weight excluding hydrogens is 351 g/mol. The van der Waals surface area contributed by atoms with E-state index in [4.69, 9.17) is 0 Å². The number of rotatable bonds is 19. The molecule has 7 heteroatoms. The van der Waals surface area contributed by atoms with E-state index < -0.39 is 10.4 Å². The van der Waals surface area contributed by atoms with Crippen LogP contribution in [0.5, 0.6) is 0 Å². The maximum absolute atomic E-state index is 11.2. The van der Waals surface area contributed by atoms with Gasteiger partial charge in [-0.3, -0.25) is 0 Å². The predicted molar refractivity (Wildman–Crippen MR) is 104 cm³/mol. The van der Waals surface area contributed by atoms with Crippen LogP contribution in [0, 0.1) is 0 Å². The second-order valence-corrected chi connectivity index (χ2v) is 7.49. The van der Waals surface area contributed by atoms with Crippen LogP contribution in [0.1, 0.15) is 104 Å². The Morgan fingerprint density at radius 3 is 1.44 bits per heavy atom. The average molecular weight is 390 g/mol. The molecule has 1 radical (unpaired) electrons. The smallest absolute Gasteiger partial charge is 0.246 e. The zero-order chi connectivity index (χ0) is 17.9. The molecule has 0 bridgehead atoms. The largest absolute Gasteiger partial charge is 0.426 e. The molecule has 0 aromatic carbocycles. The predicted octanol–water partition coefficient (Wildman–Crippen LogP) is 5.32. The fourth-order valence-corrected chi connectivity index (χ4v) is 3.16. The van der Waals surface area contributed by atoms with Gasteiger partial charge in [0.05, 0.1) is 13.2 Å². The van der Waals surface area contributed by atoms with Gasteiger partial charge in [0, 0.05) is 29.6 Å². The minimum Gasteiger partial charge on any atom is -0.246 e. The van der Waals surface area contributed by atoms with Crippen molar-refractivity contribution in [3.8, 4) is 0 Å². The van der Waals surface area contributed by atoms with Crippen LogP contribution in [-0.2, 0) is 23.8 Å². The van der Waals surface area contributed by atoms with Crippen LogP contribution >= 0.6 is 0 Å². The van der Waals surface area contributed by atoms with Gasteiger partial charge in [-0.25, -0.2) is 9.07 Å². The van der Waals surface area contributed by atoms with E-state index in [9.17, 15) is 8.42 Å². The molecule has 0 aromatic rings. The molecule has 0 amide bonds. The Balaban J connectivity index is 0. The van der Waals surface area contributed by atoms with Gasteiger partial charge in [-0.1, -0.05) is 94.7 Å². The summed E-state index contributed by atoms with van der Waals surface area (Å²) < 4.78 is 31.1. The van der Waals surface area contributed by atoms with Crippen molar-refractivity contribution >= 4 is 40.0 Å². The molecule has 0 saturated heterocycles. The normalized spacial score (nSPS) is 11.4. The van der Waals surface area contributed by atoms with E-state index >= 15 is 0 Å². The molecule has 147 valence electrons. The standard InChI is InChI=1S/C18H38O5S.Na/c1-3-5-6-7-8-9-10-11-12-13-14-15-16-17-18-22-24(19,20)23-21-4-2;/h3-18H2,1-2H3;. The monoisotopic (exact) mass is 389 g/mol. The zero-order valence-electron chi connectivity index (χ0n) is 16.8. The van der Waals surface area contributed by atoms with Crippen LogP contribution in [0.2, 0.25) is 0 Å². The Labute approximate surface area is 178 Å². The zero-order valence-corrected chi connectivity index (χ0v) is 19.6. The summed E-state index contributed by atoms with van der Waals surface area (Å²) in [6.45, 7) is 4.23. The van der Waals surface area contributed by atoms with Gasteiger partial charge >= 0.3 is 10.4 Å². The van der Waals surface area contributed by atoms with Crippen molar-refractivity contribution in [1.29, 1.82) is 0 Å². The van der Waals surface area contributed by atoms with Gasteiger partial charge in [-0.15, -0.1) is 0 Å². The first-order valence-electron chi connectivity index (χ1n) is 9.82. The van der Waals surface area contributed by atoms with Crippen LogP contribution in [0.15, 0.2) is 0 Å². The van der Waals surface area contributed by atoms with Gasteiger partial charge < -0.3 is 0 Å². The molecular formula is C18H38NaO5S. The minimum atomic E-state index is -3.98. The average Bonchev–Trinajstić information content (AvgIpc) is 2.56. The third kappa shape index (κ3) is 22.8. The van der Waals surface area contributed by atoms with Crippen molar-refractivity contribution in [3.63, 3.8) is 0 Å². The summed E-state index contributed by atoms with van der Waals surface area (Å²) in [4.78, 5) is 4.36. The molecule has 0 saturated carbocycles. The number of hydrogen-bond donors (Lipinski definition) is 0. The molecule has 0 heterocycles. The summed E-state index contributed by atoms with van der Waals surface area (Å²) in [5.41, 5.74) is 0. The Bertz CT molecular complexity index is 349. The van der Waals surface area contributed by atoms with Crippen molar-refractivity contribution in [1.82, 2.24) is 0 Å². The molecule has 0 N–H and O–H groups in total. The van der Waals surface area contributed by atoms with Gasteiger partial charge in [0.15, 0.2) is 0 Å². The summed E-state index contributed by atoms with van der Waals surface area (Å²) in [7, 11) is -3.98.